The topological polar surface area (TPSA) is 78.9 Å². The van der Waals surface area contributed by atoms with Crippen LogP contribution in [0.2, 0.25) is 5.02 Å². The molecule has 21 heavy (non-hydrogen) atoms. The van der Waals surface area contributed by atoms with Crippen molar-refractivity contribution in [2.75, 3.05) is 19.0 Å². The molecule has 0 bridgehead atoms. The third kappa shape index (κ3) is 3.43. The third-order valence-electron chi connectivity index (χ3n) is 3.31. The van der Waals surface area contributed by atoms with Gasteiger partial charge in [-0.2, -0.15) is 0 Å². The molecule has 1 aliphatic heterocycles. The van der Waals surface area contributed by atoms with Crippen LogP contribution in [-0.4, -0.2) is 47.8 Å². The standard InChI is InChI=1S/C13H14ClFN2O4/c1-21-8-5-11(12(18)19)17(6-8)13(20)16-10-3-2-7(14)4-9(10)15/h2-4,8,11H,5-6H2,1H3,(H,16,20)(H,18,19). The van der Waals surface area contributed by atoms with Gasteiger partial charge in [-0.3, -0.25) is 0 Å². The number of carbonyl (C=O) groups excluding carboxylic acids is 1. The highest BCUT2D eigenvalue weighted by Gasteiger charge is 2.40. The first-order valence-corrected chi connectivity index (χ1v) is 6.58. The van der Waals surface area contributed by atoms with Gasteiger partial charge in [0.15, 0.2) is 0 Å². The Kier molecular flexibility index (Phi) is 4.64. The Labute approximate surface area is 125 Å². The van der Waals surface area contributed by atoms with Crippen molar-refractivity contribution in [3.8, 4) is 0 Å². The summed E-state index contributed by atoms with van der Waals surface area (Å²) < 4.78 is 18.7. The van der Waals surface area contributed by atoms with Crippen molar-refractivity contribution in [1.29, 1.82) is 0 Å². The Morgan fingerprint density at radius 2 is 2.24 bits per heavy atom. The summed E-state index contributed by atoms with van der Waals surface area (Å²) in [5.41, 5.74) is -0.0607. The molecule has 2 atom stereocenters. The molecule has 1 aromatic carbocycles. The van der Waals surface area contributed by atoms with Gasteiger partial charge in [0.25, 0.3) is 0 Å². The van der Waals surface area contributed by atoms with Gasteiger partial charge >= 0.3 is 12.0 Å². The van der Waals surface area contributed by atoms with E-state index in [-0.39, 0.29) is 29.8 Å². The van der Waals surface area contributed by atoms with E-state index in [0.717, 1.165) is 11.0 Å². The van der Waals surface area contributed by atoms with Gasteiger partial charge in [-0.25, -0.2) is 14.0 Å². The first-order valence-electron chi connectivity index (χ1n) is 6.20. The van der Waals surface area contributed by atoms with E-state index in [4.69, 9.17) is 21.4 Å². The van der Waals surface area contributed by atoms with Crippen LogP contribution in [0.4, 0.5) is 14.9 Å². The van der Waals surface area contributed by atoms with Crippen LogP contribution < -0.4 is 5.32 Å². The molecule has 1 saturated heterocycles. The number of urea groups is 1. The number of carboxylic acid groups (broad SMARTS) is 1. The minimum Gasteiger partial charge on any atom is -0.480 e. The Morgan fingerprint density at radius 1 is 1.52 bits per heavy atom. The molecule has 1 aliphatic rings. The van der Waals surface area contributed by atoms with E-state index in [9.17, 15) is 14.0 Å². The Hall–Kier alpha value is -1.86. The summed E-state index contributed by atoms with van der Waals surface area (Å²) in [6, 6.07) is 2.12. The van der Waals surface area contributed by atoms with Crippen LogP contribution in [0, 0.1) is 5.82 Å². The number of ether oxygens (including phenoxy) is 1. The highest BCUT2D eigenvalue weighted by molar-refractivity contribution is 6.30. The molecular weight excluding hydrogens is 303 g/mol. The molecule has 0 aromatic heterocycles. The molecule has 6 nitrogen and oxygen atoms in total. The molecule has 2 amide bonds. The predicted molar refractivity (Wildman–Crippen MR) is 74.0 cm³/mol. The number of rotatable bonds is 3. The molecular formula is C13H14ClFN2O4. The van der Waals surface area contributed by atoms with E-state index < -0.39 is 23.9 Å². The SMILES string of the molecule is COC1CC(C(=O)O)N(C(=O)Nc2ccc(Cl)cc2F)C1. The summed E-state index contributed by atoms with van der Waals surface area (Å²) in [4.78, 5) is 24.4. The summed E-state index contributed by atoms with van der Waals surface area (Å²) in [6.07, 6.45) is -0.158. The average Bonchev–Trinajstić information content (AvgIpc) is 2.86. The van der Waals surface area contributed by atoms with Crippen molar-refractivity contribution >= 4 is 29.3 Å². The highest BCUT2D eigenvalue weighted by atomic mass is 35.5. The van der Waals surface area contributed by atoms with Crippen molar-refractivity contribution in [1.82, 2.24) is 4.90 Å². The first-order chi connectivity index (χ1) is 9.92. The van der Waals surface area contributed by atoms with Gasteiger partial charge in [0.2, 0.25) is 0 Å². The Morgan fingerprint density at radius 3 is 2.81 bits per heavy atom. The first kappa shape index (κ1) is 15.5. The number of methoxy groups -OCH3 is 1. The lowest BCUT2D eigenvalue weighted by Gasteiger charge is -2.21. The normalized spacial score (nSPS) is 21.4. The molecule has 0 aliphatic carbocycles. The fourth-order valence-electron chi connectivity index (χ4n) is 2.20. The van der Waals surface area contributed by atoms with Gasteiger partial charge in [0.1, 0.15) is 11.9 Å². The lowest BCUT2D eigenvalue weighted by atomic mass is 10.2. The van der Waals surface area contributed by atoms with Gasteiger partial charge in [0.05, 0.1) is 11.8 Å². The Bertz CT molecular complexity index is 569. The van der Waals surface area contributed by atoms with Gasteiger partial charge in [-0.15, -0.1) is 0 Å². The van der Waals surface area contributed by atoms with Crippen LogP contribution in [0.1, 0.15) is 6.42 Å². The second-order valence-corrected chi connectivity index (χ2v) is 5.09. The van der Waals surface area contributed by atoms with Crippen LogP contribution in [0.15, 0.2) is 18.2 Å². The molecule has 0 radical (unpaired) electrons. The largest absolute Gasteiger partial charge is 0.480 e. The zero-order chi connectivity index (χ0) is 15.6. The Balaban J connectivity index is 2.13. The van der Waals surface area contributed by atoms with E-state index in [1.807, 2.05) is 0 Å². The molecule has 2 unspecified atom stereocenters. The lowest BCUT2D eigenvalue weighted by molar-refractivity contribution is -0.141. The van der Waals surface area contributed by atoms with Crippen LogP contribution in [0.25, 0.3) is 0 Å². The van der Waals surface area contributed by atoms with Crippen molar-refractivity contribution in [3.05, 3.63) is 29.0 Å². The minimum atomic E-state index is -1.12. The van der Waals surface area contributed by atoms with E-state index >= 15 is 0 Å². The maximum absolute atomic E-state index is 13.6. The summed E-state index contributed by atoms with van der Waals surface area (Å²) in [6.45, 7) is 0.133. The van der Waals surface area contributed by atoms with Crippen LogP contribution in [0.3, 0.4) is 0 Å². The maximum atomic E-state index is 13.6. The minimum absolute atomic E-state index is 0.0607. The van der Waals surface area contributed by atoms with E-state index in [1.165, 1.54) is 19.2 Å². The number of amides is 2. The van der Waals surface area contributed by atoms with Crippen LogP contribution in [0.5, 0.6) is 0 Å². The molecule has 114 valence electrons. The number of nitrogens with zero attached hydrogens (tertiary/aromatic N) is 1. The second-order valence-electron chi connectivity index (χ2n) is 4.65. The summed E-state index contributed by atoms with van der Waals surface area (Å²) in [5, 5.41) is 11.7. The molecule has 1 heterocycles. The summed E-state index contributed by atoms with van der Waals surface area (Å²) in [5.74, 6) is -1.81. The molecule has 2 rings (SSSR count). The van der Waals surface area contributed by atoms with E-state index in [1.54, 1.807) is 0 Å². The summed E-state index contributed by atoms with van der Waals surface area (Å²) >= 11 is 5.63. The van der Waals surface area contributed by atoms with Crippen LogP contribution >= 0.6 is 11.6 Å². The number of benzene rings is 1. The number of aliphatic carboxylic acids is 1. The number of halogens is 2. The quantitative estimate of drug-likeness (QED) is 0.896. The number of nitrogens with one attached hydrogen (secondary N) is 1. The molecule has 8 heteroatoms. The van der Waals surface area contributed by atoms with Gasteiger partial charge in [0, 0.05) is 25.1 Å². The van der Waals surface area contributed by atoms with Crippen molar-refractivity contribution < 1.29 is 23.8 Å². The van der Waals surface area contributed by atoms with Gasteiger partial charge in [-0.1, -0.05) is 11.6 Å². The predicted octanol–water partition coefficient (Wildman–Crippen LogP) is 2.18. The highest BCUT2D eigenvalue weighted by Crippen LogP contribution is 2.23. The number of anilines is 1. The van der Waals surface area contributed by atoms with Crippen molar-refractivity contribution in [2.24, 2.45) is 0 Å². The lowest BCUT2D eigenvalue weighted by Crippen LogP contribution is -2.43. The van der Waals surface area contributed by atoms with Crippen molar-refractivity contribution in [3.63, 3.8) is 0 Å². The third-order valence-corrected chi connectivity index (χ3v) is 3.55. The van der Waals surface area contributed by atoms with Gasteiger partial charge in [-0.05, 0) is 18.2 Å². The molecule has 2 N–H and O–H groups in total. The fourth-order valence-corrected chi connectivity index (χ4v) is 2.36. The molecule has 0 saturated carbocycles. The van der Waals surface area contributed by atoms with E-state index in [2.05, 4.69) is 5.32 Å². The number of hydrogen-bond acceptors (Lipinski definition) is 3. The number of hydrogen-bond donors (Lipinski definition) is 2. The zero-order valence-corrected chi connectivity index (χ0v) is 11.9. The smallest absolute Gasteiger partial charge is 0.326 e. The summed E-state index contributed by atoms with van der Waals surface area (Å²) in [7, 11) is 1.45. The molecule has 1 fully saturated rings. The van der Waals surface area contributed by atoms with Crippen molar-refractivity contribution in [2.45, 2.75) is 18.6 Å². The fraction of sp³-hybridized carbons (Fsp3) is 0.385. The average molecular weight is 317 g/mol. The zero-order valence-electron chi connectivity index (χ0n) is 11.2. The van der Waals surface area contributed by atoms with Crippen LogP contribution in [-0.2, 0) is 9.53 Å². The number of carboxylic acids is 1. The van der Waals surface area contributed by atoms with Gasteiger partial charge < -0.3 is 20.1 Å². The number of likely N-dealkylation sites (tertiary alicyclic amines) is 1. The number of carbonyl (C=O) groups is 2. The molecule has 1 aromatic rings. The monoisotopic (exact) mass is 316 g/mol. The second kappa shape index (κ2) is 6.28. The maximum Gasteiger partial charge on any atom is 0.326 e. The molecule has 0 spiro atoms. The van der Waals surface area contributed by atoms with E-state index in [0.29, 0.717) is 0 Å².